The molecule has 0 fully saturated rings. The van der Waals surface area contributed by atoms with Gasteiger partial charge in [0.05, 0.1) is 0 Å². The van der Waals surface area contributed by atoms with Gasteiger partial charge in [-0.15, -0.1) is 0 Å². The molecular formula is C11H14F2N2. The standard InChI is InChI=1S/C11H14F2N2/c1-2-15-5-3-4-8-7-14-9(11(12)13)6-10(8)15/h6-7,11H,2-5H2,1H3. The lowest BCUT2D eigenvalue weighted by Gasteiger charge is -2.30. The van der Waals surface area contributed by atoms with Crippen molar-refractivity contribution in [3.8, 4) is 0 Å². The van der Waals surface area contributed by atoms with E-state index in [2.05, 4.69) is 9.88 Å². The zero-order valence-corrected chi connectivity index (χ0v) is 8.71. The SMILES string of the molecule is CCN1CCCc2cnc(C(F)F)cc21. The molecule has 1 aromatic rings. The molecule has 0 amide bonds. The van der Waals surface area contributed by atoms with Crippen LogP contribution in [-0.4, -0.2) is 18.1 Å². The van der Waals surface area contributed by atoms with Gasteiger partial charge >= 0.3 is 0 Å². The first-order valence-electron chi connectivity index (χ1n) is 5.24. The first-order chi connectivity index (χ1) is 7.22. The van der Waals surface area contributed by atoms with Crippen LogP contribution in [-0.2, 0) is 6.42 Å². The van der Waals surface area contributed by atoms with Crippen LogP contribution < -0.4 is 4.90 Å². The summed E-state index contributed by atoms with van der Waals surface area (Å²) in [4.78, 5) is 5.91. The lowest BCUT2D eigenvalue weighted by atomic mass is 10.0. The predicted molar refractivity (Wildman–Crippen MR) is 55.4 cm³/mol. The molecule has 0 radical (unpaired) electrons. The van der Waals surface area contributed by atoms with Crippen LogP contribution in [0.25, 0.3) is 0 Å². The number of pyridine rings is 1. The van der Waals surface area contributed by atoms with Crippen LogP contribution in [0.1, 0.15) is 31.0 Å². The second kappa shape index (κ2) is 4.13. The van der Waals surface area contributed by atoms with Crippen molar-refractivity contribution in [3.63, 3.8) is 0 Å². The maximum Gasteiger partial charge on any atom is 0.280 e. The van der Waals surface area contributed by atoms with Crippen LogP contribution in [0.5, 0.6) is 0 Å². The highest BCUT2D eigenvalue weighted by Gasteiger charge is 2.18. The summed E-state index contributed by atoms with van der Waals surface area (Å²) in [5, 5.41) is 0. The smallest absolute Gasteiger partial charge is 0.280 e. The zero-order chi connectivity index (χ0) is 10.8. The summed E-state index contributed by atoms with van der Waals surface area (Å²) in [7, 11) is 0. The molecule has 1 aromatic heterocycles. The van der Waals surface area contributed by atoms with Gasteiger partial charge in [0.1, 0.15) is 5.69 Å². The van der Waals surface area contributed by atoms with Crippen molar-refractivity contribution in [2.75, 3.05) is 18.0 Å². The van der Waals surface area contributed by atoms with E-state index in [1.807, 2.05) is 6.92 Å². The number of alkyl halides is 2. The Kier molecular flexibility index (Phi) is 2.84. The monoisotopic (exact) mass is 212 g/mol. The molecule has 0 aliphatic carbocycles. The van der Waals surface area contributed by atoms with E-state index >= 15 is 0 Å². The van der Waals surface area contributed by atoms with E-state index in [0.29, 0.717) is 0 Å². The van der Waals surface area contributed by atoms with Crippen LogP contribution in [0, 0.1) is 0 Å². The number of hydrogen-bond acceptors (Lipinski definition) is 2. The summed E-state index contributed by atoms with van der Waals surface area (Å²) < 4.78 is 25.0. The lowest BCUT2D eigenvalue weighted by Crippen LogP contribution is -2.29. The van der Waals surface area contributed by atoms with E-state index in [-0.39, 0.29) is 5.69 Å². The summed E-state index contributed by atoms with van der Waals surface area (Å²) in [6.07, 6.45) is 1.15. The molecule has 0 atom stereocenters. The third-order valence-corrected chi connectivity index (χ3v) is 2.80. The fourth-order valence-electron chi connectivity index (χ4n) is 2.00. The molecule has 15 heavy (non-hydrogen) atoms. The van der Waals surface area contributed by atoms with Crippen LogP contribution in [0.3, 0.4) is 0 Å². The summed E-state index contributed by atoms with van der Waals surface area (Å²) in [5.41, 5.74) is 1.91. The summed E-state index contributed by atoms with van der Waals surface area (Å²) in [6.45, 7) is 3.85. The van der Waals surface area contributed by atoms with Gasteiger partial charge < -0.3 is 4.90 Å². The number of hydrogen-bond donors (Lipinski definition) is 0. The van der Waals surface area contributed by atoms with Gasteiger partial charge in [-0.2, -0.15) is 0 Å². The largest absolute Gasteiger partial charge is 0.371 e. The Morgan fingerprint density at radius 1 is 1.53 bits per heavy atom. The molecule has 0 spiro atoms. The highest BCUT2D eigenvalue weighted by Crippen LogP contribution is 2.29. The van der Waals surface area contributed by atoms with E-state index in [0.717, 1.165) is 37.2 Å². The van der Waals surface area contributed by atoms with E-state index in [1.165, 1.54) is 6.07 Å². The van der Waals surface area contributed by atoms with Gasteiger partial charge in [0, 0.05) is 25.0 Å². The number of anilines is 1. The maximum absolute atomic E-state index is 12.5. The van der Waals surface area contributed by atoms with E-state index in [9.17, 15) is 8.78 Å². The molecular weight excluding hydrogens is 198 g/mol. The van der Waals surface area contributed by atoms with Gasteiger partial charge in [-0.05, 0) is 31.4 Å². The number of nitrogens with zero attached hydrogens (tertiary/aromatic N) is 2. The van der Waals surface area contributed by atoms with E-state index in [1.54, 1.807) is 6.20 Å². The zero-order valence-electron chi connectivity index (χ0n) is 8.71. The molecule has 0 unspecified atom stereocenters. The molecule has 0 aromatic carbocycles. The average molecular weight is 212 g/mol. The number of aryl methyl sites for hydroxylation is 1. The van der Waals surface area contributed by atoms with Crippen molar-refractivity contribution < 1.29 is 8.78 Å². The second-order valence-electron chi connectivity index (χ2n) is 3.72. The fraction of sp³-hybridized carbons (Fsp3) is 0.545. The molecule has 0 N–H and O–H groups in total. The molecule has 2 nitrogen and oxygen atoms in total. The quantitative estimate of drug-likeness (QED) is 0.749. The first-order valence-corrected chi connectivity index (χ1v) is 5.24. The number of halogens is 2. The van der Waals surface area contributed by atoms with Crippen molar-refractivity contribution in [3.05, 3.63) is 23.5 Å². The fourth-order valence-corrected chi connectivity index (χ4v) is 2.00. The molecule has 0 bridgehead atoms. The highest BCUT2D eigenvalue weighted by molar-refractivity contribution is 5.55. The molecule has 0 saturated carbocycles. The summed E-state index contributed by atoms with van der Waals surface area (Å²) in [5.74, 6) is 0. The molecule has 0 saturated heterocycles. The van der Waals surface area contributed by atoms with Crippen LogP contribution in [0.2, 0.25) is 0 Å². The van der Waals surface area contributed by atoms with Crippen molar-refractivity contribution >= 4 is 5.69 Å². The highest BCUT2D eigenvalue weighted by atomic mass is 19.3. The topological polar surface area (TPSA) is 16.1 Å². The predicted octanol–water partition coefficient (Wildman–Crippen LogP) is 2.79. The third-order valence-electron chi connectivity index (χ3n) is 2.80. The first kappa shape index (κ1) is 10.3. The van der Waals surface area contributed by atoms with Gasteiger partial charge in [-0.1, -0.05) is 0 Å². The van der Waals surface area contributed by atoms with Crippen LogP contribution >= 0.6 is 0 Å². The van der Waals surface area contributed by atoms with Crippen LogP contribution in [0.15, 0.2) is 12.3 Å². The van der Waals surface area contributed by atoms with Crippen LogP contribution in [0.4, 0.5) is 14.5 Å². The minimum absolute atomic E-state index is 0.117. The number of rotatable bonds is 2. The molecule has 4 heteroatoms. The Labute approximate surface area is 87.9 Å². The van der Waals surface area contributed by atoms with Gasteiger partial charge in [0.15, 0.2) is 0 Å². The van der Waals surface area contributed by atoms with Crippen molar-refractivity contribution in [2.24, 2.45) is 0 Å². The minimum Gasteiger partial charge on any atom is -0.371 e. The molecule has 2 heterocycles. The summed E-state index contributed by atoms with van der Waals surface area (Å²) in [6, 6.07) is 1.53. The molecule has 2 rings (SSSR count). The van der Waals surface area contributed by atoms with Gasteiger partial charge in [-0.25, -0.2) is 8.78 Å². The maximum atomic E-state index is 12.5. The Balaban J connectivity index is 2.39. The van der Waals surface area contributed by atoms with E-state index in [4.69, 9.17) is 0 Å². The average Bonchev–Trinajstić information content (AvgIpc) is 2.27. The lowest BCUT2D eigenvalue weighted by molar-refractivity contribution is 0.146. The van der Waals surface area contributed by atoms with Gasteiger partial charge in [-0.3, -0.25) is 4.98 Å². The normalized spacial score (nSPS) is 15.6. The van der Waals surface area contributed by atoms with Gasteiger partial charge in [0.25, 0.3) is 6.43 Å². The Bertz CT molecular complexity index is 352. The summed E-state index contributed by atoms with van der Waals surface area (Å²) >= 11 is 0. The van der Waals surface area contributed by atoms with Gasteiger partial charge in [0.2, 0.25) is 0 Å². The van der Waals surface area contributed by atoms with Crippen molar-refractivity contribution in [1.82, 2.24) is 4.98 Å². The molecule has 82 valence electrons. The number of fused-ring (bicyclic) bond motifs is 1. The Morgan fingerprint density at radius 3 is 3.00 bits per heavy atom. The Hall–Kier alpha value is -1.19. The van der Waals surface area contributed by atoms with Crippen molar-refractivity contribution in [1.29, 1.82) is 0 Å². The third kappa shape index (κ3) is 1.94. The minimum atomic E-state index is -2.48. The number of aromatic nitrogens is 1. The molecule has 1 aliphatic heterocycles. The molecule has 1 aliphatic rings. The second-order valence-corrected chi connectivity index (χ2v) is 3.72. The van der Waals surface area contributed by atoms with E-state index < -0.39 is 6.43 Å². The Morgan fingerprint density at radius 2 is 2.33 bits per heavy atom. The van der Waals surface area contributed by atoms with Crippen molar-refractivity contribution in [2.45, 2.75) is 26.2 Å².